The van der Waals surface area contributed by atoms with Crippen molar-refractivity contribution in [3.05, 3.63) is 0 Å². The van der Waals surface area contributed by atoms with Gasteiger partial charge in [-0.25, -0.2) is 4.79 Å². The van der Waals surface area contributed by atoms with Crippen molar-refractivity contribution in [2.75, 3.05) is 13.1 Å². The Bertz CT molecular complexity index is 135. The van der Waals surface area contributed by atoms with Crippen molar-refractivity contribution in [1.29, 1.82) is 0 Å². The molecule has 5 heteroatoms. The third-order valence-electron chi connectivity index (χ3n) is 0.797. The molecule has 0 saturated heterocycles. The van der Waals surface area contributed by atoms with E-state index in [1.165, 1.54) is 0 Å². The van der Waals surface area contributed by atoms with E-state index in [2.05, 4.69) is 10.6 Å². The molecule has 0 bridgehead atoms. The molecule has 0 saturated carbocycles. The van der Waals surface area contributed by atoms with Gasteiger partial charge in [0.2, 0.25) is 5.91 Å². The van der Waals surface area contributed by atoms with Crippen molar-refractivity contribution in [3.8, 4) is 0 Å². The van der Waals surface area contributed by atoms with Gasteiger partial charge in [-0.15, -0.1) is 0 Å². The van der Waals surface area contributed by atoms with Crippen LogP contribution in [-0.2, 0) is 4.79 Å². The standard InChI is InChI=1S/C5H11N3O2/c1-2-7-4(9)3-8-5(6)10/h2-3H2,1H3,(H,7,9)(H3,6,8,10). The van der Waals surface area contributed by atoms with E-state index in [1.807, 2.05) is 0 Å². The van der Waals surface area contributed by atoms with E-state index in [-0.39, 0.29) is 12.5 Å². The number of nitrogens with two attached hydrogens (primary N) is 1. The highest BCUT2D eigenvalue weighted by Gasteiger charge is 1.98. The van der Waals surface area contributed by atoms with Crippen LogP contribution in [0.3, 0.4) is 0 Å². The van der Waals surface area contributed by atoms with Gasteiger partial charge in [-0.3, -0.25) is 4.79 Å². The summed E-state index contributed by atoms with van der Waals surface area (Å²) in [4.78, 5) is 20.6. The fraction of sp³-hybridized carbons (Fsp3) is 0.600. The first-order valence-electron chi connectivity index (χ1n) is 2.96. The van der Waals surface area contributed by atoms with E-state index in [0.29, 0.717) is 6.54 Å². The highest BCUT2D eigenvalue weighted by Crippen LogP contribution is 1.62. The van der Waals surface area contributed by atoms with E-state index in [4.69, 9.17) is 5.73 Å². The Kier molecular flexibility index (Phi) is 4.02. The molecule has 0 aliphatic heterocycles. The second-order valence-corrected chi connectivity index (χ2v) is 1.67. The average Bonchev–Trinajstić information content (AvgIpc) is 1.85. The van der Waals surface area contributed by atoms with Gasteiger partial charge in [-0.2, -0.15) is 0 Å². The van der Waals surface area contributed by atoms with E-state index in [0.717, 1.165) is 0 Å². The maximum Gasteiger partial charge on any atom is 0.312 e. The maximum atomic E-state index is 10.6. The minimum Gasteiger partial charge on any atom is -0.355 e. The zero-order valence-corrected chi connectivity index (χ0v) is 5.81. The number of carbonyl (C=O) groups excluding carboxylic acids is 2. The summed E-state index contributed by atoms with van der Waals surface area (Å²) in [6.45, 7) is 2.30. The van der Waals surface area contributed by atoms with Crippen molar-refractivity contribution in [2.24, 2.45) is 5.73 Å². The number of rotatable bonds is 3. The molecule has 4 N–H and O–H groups in total. The van der Waals surface area contributed by atoms with Crippen LogP contribution in [-0.4, -0.2) is 25.0 Å². The Balaban J connectivity index is 3.30. The first-order chi connectivity index (χ1) is 4.66. The lowest BCUT2D eigenvalue weighted by molar-refractivity contribution is -0.119. The molecule has 0 heterocycles. The van der Waals surface area contributed by atoms with Crippen LogP contribution >= 0.6 is 0 Å². The molecule has 0 fully saturated rings. The highest BCUT2D eigenvalue weighted by atomic mass is 16.2. The Labute approximate surface area is 59.0 Å². The third kappa shape index (κ3) is 4.89. The highest BCUT2D eigenvalue weighted by molar-refractivity contribution is 5.83. The van der Waals surface area contributed by atoms with Crippen LogP contribution < -0.4 is 16.4 Å². The predicted molar refractivity (Wildman–Crippen MR) is 36.3 cm³/mol. The first kappa shape index (κ1) is 8.74. The van der Waals surface area contributed by atoms with Gasteiger partial charge in [0.25, 0.3) is 0 Å². The quantitative estimate of drug-likeness (QED) is 0.465. The predicted octanol–water partition coefficient (Wildman–Crippen LogP) is -1.21. The van der Waals surface area contributed by atoms with Crippen molar-refractivity contribution >= 4 is 11.9 Å². The number of hydrogen-bond donors (Lipinski definition) is 3. The van der Waals surface area contributed by atoms with Crippen LogP contribution in [0.2, 0.25) is 0 Å². The molecule has 58 valence electrons. The topological polar surface area (TPSA) is 84.2 Å². The van der Waals surface area contributed by atoms with Crippen LogP contribution in [0.15, 0.2) is 0 Å². The first-order valence-corrected chi connectivity index (χ1v) is 2.96. The van der Waals surface area contributed by atoms with E-state index < -0.39 is 6.03 Å². The molecule has 3 amide bonds. The minimum absolute atomic E-state index is 0.0524. The lowest BCUT2D eigenvalue weighted by Gasteiger charge is -2.00. The summed E-state index contributed by atoms with van der Waals surface area (Å²) >= 11 is 0. The number of amides is 3. The Hall–Kier alpha value is -1.26. The summed E-state index contributed by atoms with van der Waals surface area (Å²) in [7, 11) is 0. The SMILES string of the molecule is CCNC(=O)CNC(N)=O. The number of nitrogens with one attached hydrogen (secondary N) is 2. The maximum absolute atomic E-state index is 10.6. The van der Waals surface area contributed by atoms with Gasteiger partial charge in [-0.05, 0) is 6.92 Å². The molecule has 10 heavy (non-hydrogen) atoms. The second kappa shape index (κ2) is 4.60. The van der Waals surface area contributed by atoms with Gasteiger partial charge in [0, 0.05) is 6.54 Å². The Morgan fingerprint density at radius 3 is 2.40 bits per heavy atom. The zero-order valence-electron chi connectivity index (χ0n) is 5.81. The van der Waals surface area contributed by atoms with E-state index >= 15 is 0 Å². The number of primary amides is 1. The summed E-state index contributed by atoms with van der Waals surface area (Å²) in [6, 6.07) is -0.689. The van der Waals surface area contributed by atoms with Crippen molar-refractivity contribution in [1.82, 2.24) is 10.6 Å². The van der Waals surface area contributed by atoms with Gasteiger partial charge < -0.3 is 16.4 Å². The van der Waals surface area contributed by atoms with Gasteiger partial charge in [-0.1, -0.05) is 0 Å². The fourth-order valence-corrected chi connectivity index (χ4v) is 0.427. The Morgan fingerprint density at radius 2 is 2.00 bits per heavy atom. The van der Waals surface area contributed by atoms with Gasteiger partial charge >= 0.3 is 6.03 Å². The van der Waals surface area contributed by atoms with Crippen molar-refractivity contribution in [2.45, 2.75) is 6.92 Å². The molecule has 0 aliphatic carbocycles. The number of carbonyl (C=O) groups is 2. The summed E-state index contributed by atoms with van der Waals surface area (Å²) in [6.07, 6.45) is 0. The van der Waals surface area contributed by atoms with Crippen molar-refractivity contribution in [3.63, 3.8) is 0 Å². The third-order valence-corrected chi connectivity index (χ3v) is 0.797. The monoisotopic (exact) mass is 145 g/mol. The fourth-order valence-electron chi connectivity index (χ4n) is 0.427. The number of likely N-dealkylation sites (N-methyl/N-ethyl adjacent to an activating group) is 1. The van der Waals surface area contributed by atoms with Crippen LogP contribution in [0.25, 0.3) is 0 Å². The zero-order chi connectivity index (χ0) is 7.98. The molecule has 5 nitrogen and oxygen atoms in total. The van der Waals surface area contributed by atoms with E-state index in [1.54, 1.807) is 6.92 Å². The summed E-state index contributed by atoms with van der Waals surface area (Å²) < 4.78 is 0. The van der Waals surface area contributed by atoms with E-state index in [9.17, 15) is 9.59 Å². The summed E-state index contributed by atoms with van der Waals surface area (Å²) in [5, 5.41) is 4.65. The molecule has 0 aromatic carbocycles. The largest absolute Gasteiger partial charge is 0.355 e. The van der Waals surface area contributed by atoms with Gasteiger partial charge in [0.05, 0.1) is 6.54 Å². The van der Waals surface area contributed by atoms with Crippen LogP contribution in [0.4, 0.5) is 4.79 Å². The summed E-state index contributed by atoms with van der Waals surface area (Å²) in [5.41, 5.74) is 4.71. The molecule has 0 rings (SSSR count). The molecule has 0 aliphatic rings. The smallest absolute Gasteiger partial charge is 0.312 e. The molecular formula is C5H11N3O2. The molecule has 0 atom stereocenters. The molecule has 0 spiro atoms. The normalized spacial score (nSPS) is 8.50. The Morgan fingerprint density at radius 1 is 1.40 bits per heavy atom. The lowest BCUT2D eigenvalue weighted by atomic mass is 10.5. The molecule has 0 radical (unpaired) electrons. The molecule has 0 aromatic heterocycles. The average molecular weight is 145 g/mol. The number of hydrogen-bond acceptors (Lipinski definition) is 2. The number of urea groups is 1. The van der Waals surface area contributed by atoms with Crippen LogP contribution in [0, 0.1) is 0 Å². The van der Waals surface area contributed by atoms with Crippen molar-refractivity contribution < 1.29 is 9.59 Å². The van der Waals surface area contributed by atoms with Crippen LogP contribution in [0.1, 0.15) is 6.92 Å². The van der Waals surface area contributed by atoms with Gasteiger partial charge in [0.15, 0.2) is 0 Å². The minimum atomic E-state index is -0.689. The molecular weight excluding hydrogens is 134 g/mol. The second-order valence-electron chi connectivity index (χ2n) is 1.67. The molecule has 0 aromatic rings. The molecule has 0 unspecified atom stereocenters. The van der Waals surface area contributed by atoms with Crippen LogP contribution in [0.5, 0.6) is 0 Å². The summed E-state index contributed by atoms with van der Waals surface area (Å²) in [5.74, 6) is -0.235. The van der Waals surface area contributed by atoms with Gasteiger partial charge in [0.1, 0.15) is 0 Å². The lowest BCUT2D eigenvalue weighted by Crippen LogP contribution is -2.39.